The minimum absolute atomic E-state index is 0.00822. The fourth-order valence-electron chi connectivity index (χ4n) is 4.13. The third-order valence-electron chi connectivity index (χ3n) is 5.60. The van der Waals surface area contributed by atoms with E-state index in [4.69, 9.17) is 9.47 Å². The van der Waals surface area contributed by atoms with Gasteiger partial charge in [-0.25, -0.2) is 19.2 Å². The van der Waals surface area contributed by atoms with Gasteiger partial charge in [0, 0.05) is 36.2 Å². The summed E-state index contributed by atoms with van der Waals surface area (Å²) in [4.78, 5) is 20.7. The van der Waals surface area contributed by atoms with Crippen LogP contribution in [0.1, 0.15) is 57.3 Å². The van der Waals surface area contributed by atoms with Crippen molar-refractivity contribution in [3.8, 4) is 5.75 Å². The van der Waals surface area contributed by atoms with Crippen molar-refractivity contribution in [2.75, 3.05) is 0 Å². The Hall–Kier alpha value is -3.16. The van der Waals surface area contributed by atoms with E-state index in [1.165, 1.54) is 12.1 Å². The van der Waals surface area contributed by atoms with Crippen molar-refractivity contribution in [3.05, 3.63) is 53.9 Å². The Morgan fingerprint density at radius 2 is 2.06 bits per heavy atom. The Labute approximate surface area is 187 Å². The van der Waals surface area contributed by atoms with Gasteiger partial charge in [-0.05, 0) is 64.8 Å². The third kappa shape index (κ3) is 5.00. The van der Waals surface area contributed by atoms with Crippen LogP contribution >= 0.6 is 0 Å². The smallest absolute Gasteiger partial charge is 0.407 e. The SMILES string of the molecule is Cc1ncnc2c1ccn2[C@H]1CC[C@@H](Oc2ccc(F)cc2CNC(=O)OC(C)(C)C)C1. The Morgan fingerprint density at radius 1 is 1.25 bits per heavy atom. The quantitative estimate of drug-likeness (QED) is 0.599. The number of alkyl carbamates (subject to hydrolysis) is 1. The normalized spacial score (nSPS) is 18.7. The van der Waals surface area contributed by atoms with E-state index in [1.807, 2.05) is 6.92 Å². The maximum absolute atomic E-state index is 13.9. The number of carbonyl (C=O) groups excluding carboxylic acids is 1. The van der Waals surface area contributed by atoms with Gasteiger partial charge in [-0.1, -0.05) is 0 Å². The Kier molecular flexibility index (Phi) is 6.04. The van der Waals surface area contributed by atoms with Crippen molar-refractivity contribution in [2.24, 2.45) is 0 Å². The summed E-state index contributed by atoms with van der Waals surface area (Å²) in [6.45, 7) is 7.48. The molecule has 0 radical (unpaired) electrons. The molecule has 7 nitrogen and oxygen atoms in total. The molecule has 1 aliphatic carbocycles. The highest BCUT2D eigenvalue weighted by Crippen LogP contribution is 2.36. The summed E-state index contributed by atoms with van der Waals surface area (Å²) < 4.78 is 27.6. The molecule has 0 bridgehead atoms. The van der Waals surface area contributed by atoms with Crippen molar-refractivity contribution in [3.63, 3.8) is 0 Å². The van der Waals surface area contributed by atoms with Gasteiger partial charge in [0.2, 0.25) is 0 Å². The first kappa shape index (κ1) is 22.0. The van der Waals surface area contributed by atoms with E-state index < -0.39 is 11.7 Å². The van der Waals surface area contributed by atoms with Crippen molar-refractivity contribution >= 4 is 17.1 Å². The number of ether oxygens (including phenoxy) is 2. The number of aryl methyl sites for hydroxylation is 1. The molecule has 0 unspecified atom stereocenters. The van der Waals surface area contributed by atoms with Crippen molar-refractivity contribution in [1.29, 1.82) is 0 Å². The van der Waals surface area contributed by atoms with Gasteiger partial charge in [-0.2, -0.15) is 0 Å². The van der Waals surface area contributed by atoms with Crippen molar-refractivity contribution < 1.29 is 18.7 Å². The van der Waals surface area contributed by atoms with E-state index in [2.05, 4.69) is 32.1 Å². The number of hydrogen-bond donors (Lipinski definition) is 1. The lowest BCUT2D eigenvalue weighted by molar-refractivity contribution is 0.0523. The maximum atomic E-state index is 13.9. The van der Waals surface area contributed by atoms with Gasteiger partial charge >= 0.3 is 6.09 Å². The second-order valence-electron chi connectivity index (χ2n) is 9.23. The molecule has 1 aromatic carbocycles. The molecule has 2 atom stereocenters. The average molecular weight is 441 g/mol. The second kappa shape index (κ2) is 8.76. The fourth-order valence-corrected chi connectivity index (χ4v) is 4.13. The number of amides is 1. The first-order valence-electron chi connectivity index (χ1n) is 10.9. The third-order valence-corrected chi connectivity index (χ3v) is 5.60. The van der Waals surface area contributed by atoms with Gasteiger partial charge in [-0.15, -0.1) is 0 Å². The predicted molar refractivity (Wildman–Crippen MR) is 119 cm³/mol. The monoisotopic (exact) mass is 440 g/mol. The molecule has 0 spiro atoms. The van der Waals surface area contributed by atoms with Crippen LogP contribution in [0.5, 0.6) is 5.75 Å². The summed E-state index contributed by atoms with van der Waals surface area (Å²) in [5.74, 6) is 0.195. The number of nitrogens with zero attached hydrogens (tertiary/aromatic N) is 3. The van der Waals surface area contributed by atoms with Gasteiger partial charge in [0.05, 0.1) is 5.69 Å². The van der Waals surface area contributed by atoms with Crippen LogP contribution in [0.4, 0.5) is 9.18 Å². The topological polar surface area (TPSA) is 78.3 Å². The lowest BCUT2D eigenvalue weighted by Crippen LogP contribution is -2.32. The molecule has 0 saturated heterocycles. The molecule has 8 heteroatoms. The van der Waals surface area contributed by atoms with Crippen LogP contribution in [0.2, 0.25) is 0 Å². The fraction of sp³-hybridized carbons (Fsp3) is 0.458. The highest BCUT2D eigenvalue weighted by Gasteiger charge is 2.29. The highest BCUT2D eigenvalue weighted by atomic mass is 19.1. The zero-order valence-electron chi connectivity index (χ0n) is 18.9. The molecule has 1 saturated carbocycles. The van der Waals surface area contributed by atoms with E-state index in [0.29, 0.717) is 11.3 Å². The average Bonchev–Trinajstić information content (AvgIpc) is 3.34. The molecule has 3 aromatic rings. The summed E-state index contributed by atoms with van der Waals surface area (Å²) in [5, 5.41) is 3.74. The van der Waals surface area contributed by atoms with Gasteiger partial charge < -0.3 is 19.4 Å². The lowest BCUT2D eigenvalue weighted by atomic mass is 10.2. The molecule has 1 amide bonds. The summed E-state index contributed by atoms with van der Waals surface area (Å²) >= 11 is 0. The van der Waals surface area contributed by atoms with E-state index in [-0.39, 0.29) is 24.5 Å². The number of halogens is 1. The van der Waals surface area contributed by atoms with Crippen LogP contribution in [-0.2, 0) is 11.3 Å². The van der Waals surface area contributed by atoms with Crippen LogP contribution in [0.25, 0.3) is 11.0 Å². The van der Waals surface area contributed by atoms with Crippen LogP contribution in [0.15, 0.2) is 36.8 Å². The largest absolute Gasteiger partial charge is 0.490 e. The maximum Gasteiger partial charge on any atom is 0.407 e. The number of aromatic nitrogens is 3. The second-order valence-corrected chi connectivity index (χ2v) is 9.23. The van der Waals surface area contributed by atoms with E-state index in [9.17, 15) is 9.18 Å². The molecular weight excluding hydrogens is 411 g/mol. The van der Waals surface area contributed by atoms with E-state index in [1.54, 1.807) is 33.2 Å². The minimum atomic E-state index is -0.601. The van der Waals surface area contributed by atoms with Gasteiger partial charge in [0.1, 0.15) is 35.2 Å². The first-order chi connectivity index (χ1) is 15.2. The first-order valence-corrected chi connectivity index (χ1v) is 10.9. The molecule has 32 heavy (non-hydrogen) atoms. The molecule has 2 aromatic heterocycles. The molecule has 0 aliphatic heterocycles. The van der Waals surface area contributed by atoms with Crippen LogP contribution < -0.4 is 10.1 Å². The summed E-state index contributed by atoms with van der Waals surface area (Å²) in [7, 11) is 0. The molecule has 1 N–H and O–H groups in total. The minimum Gasteiger partial charge on any atom is -0.490 e. The zero-order chi connectivity index (χ0) is 22.9. The molecule has 4 rings (SSSR count). The number of hydrogen-bond acceptors (Lipinski definition) is 5. The number of carbonyl (C=O) groups is 1. The van der Waals surface area contributed by atoms with Crippen molar-refractivity contribution in [1.82, 2.24) is 19.9 Å². The number of nitrogens with one attached hydrogen (secondary N) is 1. The van der Waals surface area contributed by atoms with Crippen LogP contribution in [0, 0.1) is 12.7 Å². The number of benzene rings is 1. The Morgan fingerprint density at radius 3 is 2.84 bits per heavy atom. The lowest BCUT2D eigenvalue weighted by Gasteiger charge is -2.21. The molecule has 1 aliphatic rings. The molecule has 2 heterocycles. The standard InChI is InChI=1S/C24H29FN4O3/c1-15-20-9-10-29(22(20)28-14-27-15)18-6-7-19(12-18)31-21-8-5-17(25)11-16(21)13-26-23(30)32-24(2,3)4/h5,8-11,14,18-19H,6-7,12-13H2,1-4H3,(H,26,30)/t18-,19+/m0/s1. The molecule has 170 valence electrons. The summed E-state index contributed by atoms with van der Waals surface area (Å²) in [6, 6.07) is 6.71. The Bertz CT molecular complexity index is 1120. The molecular formula is C24H29FN4O3. The van der Waals surface area contributed by atoms with Gasteiger partial charge in [0.25, 0.3) is 0 Å². The van der Waals surface area contributed by atoms with Crippen LogP contribution in [0.3, 0.4) is 0 Å². The van der Waals surface area contributed by atoms with Crippen molar-refractivity contribution in [2.45, 2.75) is 71.2 Å². The summed E-state index contributed by atoms with van der Waals surface area (Å²) in [6.07, 6.45) is 5.77. The number of rotatable bonds is 5. The highest BCUT2D eigenvalue weighted by molar-refractivity contribution is 5.78. The van der Waals surface area contributed by atoms with E-state index in [0.717, 1.165) is 36.0 Å². The number of fused-ring (bicyclic) bond motifs is 1. The van der Waals surface area contributed by atoms with Gasteiger partial charge in [-0.3, -0.25) is 0 Å². The Balaban J connectivity index is 1.43. The van der Waals surface area contributed by atoms with Gasteiger partial charge in [0.15, 0.2) is 0 Å². The predicted octanol–water partition coefficient (Wildman–Crippen LogP) is 5.08. The molecule has 1 fully saturated rings. The van der Waals surface area contributed by atoms with E-state index >= 15 is 0 Å². The zero-order valence-corrected chi connectivity index (χ0v) is 18.9. The summed E-state index contributed by atoms with van der Waals surface area (Å²) in [5.41, 5.74) is 1.88. The van der Waals surface area contributed by atoms with Crippen LogP contribution in [-0.4, -0.2) is 32.3 Å².